The summed E-state index contributed by atoms with van der Waals surface area (Å²) < 4.78 is 13.6. The molecule has 1 aromatic heterocycles. The maximum atomic E-state index is 13.6. The average Bonchev–Trinajstić information content (AvgIpc) is 2.42. The lowest BCUT2D eigenvalue weighted by Crippen LogP contribution is -2.04. The van der Waals surface area contributed by atoms with E-state index in [1.54, 1.807) is 13.0 Å². The van der Waals surface area contributed by atoms with Crippen molar-refractivity contribution < 1.29 is 4.39 Å². The predicted molar refractivity (Wildman–Crippen MR) is 75.7 cm³/mol. The van der Waals surface area contributed by atoms with Crippen LogP contribution in [0.5, 0.6) is 0 Å². The summed E-state index contributed by atoms with van der Waals surface area (Å²) in [7, 11) is 0. The van der Waals surface area contributed by atoms with Crippen LogP contribution in [0.2, 0.25) is 0 Å². The van der Waals surface area contributed by atoms with Crippen molar-refractivity contribution in [3.05, 3.63) is 41.5 Å². The normalized spacial score (nSPS) is 10.5. The zero-order valence-corrected chi connectivity index (χ0v) is 11.5. The number of aryl methyl sites for hydroxylation is 2. The van der Waals surface area contributed by atoms with Gasteiger partial charge in [-0.05, 0) is 25.5 Å². The molecule has 2 aromatic rings. The van der Waals surface area contributed by atoms with Crippen molar-refractivity contribution in [1.29, 1.82) is 0 Å². The number of anilines is 1. The van der Waals surface area contributed by atoms with E-state index in [1.165, 1.54) is 6.07 Å². The maximum Gasteiger partial charge on any atom is 0.131 e. The van der Waals surface area contributed by atoms with Crippen LogP contribution in [0.4, 0.5) is 10.2 Å². The largest absolute Gasteiger partial charge is 0.370 e. The number of nitrogens with one attached hydrogen (secondary N) is 1. The monoisotopic (exact) mass is 259 g/mol. The van der Waals surface area contributed by atoms with Crippen molar-refractivity contribution in [2.45, 2.75) is 27.2 Å². The second-order valence-electron chi connectivity index (χ2n) is 4.40. The van der Waals surface area contributed by atoms with Gasteiger partial charge >= 0.3 is 0 Å². The van der Waals surface area contributed by atoms with Crippen molar-refractivity contribution in [2.24, 2.45) is 0 Å². The first-order chi connectivity index (χ1) is 9.13. The number of hydrogen-bond acceptors (Lipinski definition) is 3. The Morgan fingerprint density at radius 1 is 1.16 bits per heavy atom. The molecular weight excluding hydrogens is 241 g/mol. The zero-order chi connectivity index (χ0) is 13.8. The van der Waals surface area contributed by atoms with Gasteiger partial charge in [0.25, 0.3) is 0 Å². The van der Waals surface area contributed by atoms with Crippen LogP contribution in [-0.4, -0.2) is 16.5 Å². The van der Waals surface area contributed by atoms with Crippen molar-refractivity contribution in [1.82, 2.24) is 9.97 Å². The molecule has 0 radical (unpaired) electrons. The molecule has 0 aliphatic carbocycles. The van der Waals surface area contributed by atoms with Crippen molar-refractivity contribution >= 4 is 5.82 Å². The smallest absolute Gasteiger partial charge is 0.131 e. The standard InChI is InChI=1S/C15H18FN3/c1-4-14-18-13(9-15(19-14)17-5-2)11-7-6-10(3)12(16)8-11/h6-9H,4-5H2,1-3H3,(H,17,18,19). The Bertz CT molecular complexity index is 582. The van der Waals surface area contributed by atoms with Gasteiger partial charge in [-0.1, -0.05) is 19.1 Å². The van der Waals surface area contributed by atoms with Gasteiger partial charge in [0.05, 0.1) is 5.69 Å². The van der Waals surface area contributed by atoms with Gasteiger partial charge in [-0.3, -0.25) is 0 Å². The third kappa shape index (κ3) is 3.08. The van der Waals surface area contributed by atoms with Gasteiger partial charge in [0.2, 0.25) is 0 Å². The van der Waals surface area contributed by atoms with Gasteiger partial charge in [0.1, 0.15) is 17.5 Å². The van der Waals surface area contributed by atoms with Crippen LogP contribution < -0.4 is 5.32 Å². The highest BCUT2D eigenvalue weighted by molar-refractivity contribution is 5.63. The van der Waals surface area contributed by atoms with Crippen LogP contribution in [0, 0.1) is 12.7 Å². The maximum absolute atomic E-state index is 13.6. The Hall–Kier alpha value is -1.97. The number of nitrogens with zero attached hydrogens (tertiary/aromatic N) is 2. The first-order valence-corrected chi connectivity index (χ1v) is 6.52. The molecule has 0 aliphatic rings. The molecule has 19 heavy (non-hydrogen) atoms. The van der Waals surface area contributed by atoms with Crippen LogP contribution in [-0.2, 0) is 6.42 Å². The lowest BCUT2D eigenvalue weighted by molar-refractivity contribution is 0.619. The minimum Gasteiger partial charge on any atom is -0.370 e. The average molecular weight is 259 g/mol. The number of rotatable bonds is 4. The fourth-order valence-corrected chi connectivity index (χ4v) is 1.83. The summed E-state index contributed by atoms with van der Waals surface area (Å²) in [6.45, 7) is 6.56. The summed E-state index contributed by atoms with van der Waals surface area (Å²) in [5, 5.41) is 3.17. The van der Waals surface area contributed by atoms with E-state index >= 15 is 0 Å². The Kier molecular flexibility index (Phi) is 4.10. The van der Waals surface area contributed by atoms with E-state index in [0.717, 1.165) is 35.9 Å². The molecule has 3 nitrogen and oxygen atoms in total. The van der Waals surface area contributed by atoms with E-state index in [0.29, 0.717) is 5.56 Å². The van der Waals surface area contributed by atoms with Crippen molar-refractivity contribution in [3.63, 3.8) is 0 Å². The van der Waals surface area contributed by atoms with E-state index in [-0.39, 0.29) is 5.82 Å². The second kappa shape index (κ2) is 5.78. The van der Waals surface area contributed by atoms with Crippen LogP contribution in [0.15, 0.2) is 24.3 Å². The molecule has 0 spiro atoms. The lowest BCUT2D eigenvalue weighted by Gasteiger charge is -2.09. The summed E-state index contributed by atoms with van der Waals surface area (Å²) >= 11 is 0. The third-order valence-corrected chi connectivity index (χ3v) is 2.91. The molecule has 0 saturated heterocycles. The Balaban J connectivity index is 2.47. The molecule has 1 N–H and O–H groups in total. The molecule has 1 aromatic carbocycles. The molecule has 0 fully saturated rings. The van der Waals surface area contributed by atoms with E-state index in [4.69, 9.17) is 0 Å². The third-order valence-electron chi connectivity index (χ3n) is 2.91. The fraction of sp³-hybridized carbons (Fsp3) is 0.333. The number of benzene rings is 1. The lowest BCUT2D eigenvalue weighted by atomic mass is 10.1. The molecule has 0 unspecified atom stereocenters. The molecule has 100 valence electrons. The summed E-state index contributed by atoms with van der Waals surface area (Å²) in [5.41, 5.74) is 2.17. The summed E-state index contributed by atoms with van der Waals surface area (Å²) in [5.74, 6) is 1.33. The molecule has 0 aliphatic heterocycles. The van der Waals surface area contributed by atoms with Gasteiger partial charge in [0.15, 0.2) is 0 Å². The Morgan fingerprint density at radius 2 is 1.95 bits per heavy atom. The number of aromatic nitrogens is 2. The van der Waals surface area contributed by atoms with Gasteiger partial charge < -0.3 is 5.32 Å². The number of hydrogen-bond donors (Lipinski definition) is 1. The van der Waals surface area contributed by atoms with Crippen LogP contribution in [0.3, 0.4) is 0 Å². The summed E-state index contributed by atoms with van der Waals surface area (Å²) in [6.07, 6.45) is 0.751. The van der Waals surface area contributed by atoms with Crippen LogP contribution >= 0.6 is 0 Å². The zero-order valence-electron chi connectivity index (χ0n) is 11.5. The van der Waals surface area contributed by atoms with E-state index in [2.05, 4.69) is 15.3 Å². The van der Waals surface area contributed by atoms with E-state index < -0.39 is 0 Å². The molecule has 0 atom stereocenters. The molecule has 1 heterocycles. The minimum atomic E-state index is -0.209. The van der Waals surface area contributed by atoms with Gasteiger partial charge in [0, 0.05) is 24.6 Å². The minimum absolute atomic E-state index is 0.209. The highest BCUT2D eigenvalue weighted by Gasteiger charge is 2.07. The fourth-order valence-electron chi connectivity index (χ4n) is 1.83. The topological polar surface area (TPSA) is 37.8 Å². The molecule has 0 amide bonds. The van der Waals surface area contributed by atoms with Gasteiger partial charge in [-0.2, -0.15) is 0 Å². The molecule has 4 heteroatoms. The van der Waals surface area contributed by atoms with Crippen LogP contribution in [0.1, 0.15) is 25.2 Å². The van der Waals surface area contributed by atoms with Crippen molar-refractivity contribution in [2.75, 3.05) is 11.9 Å². The van der Waals surface area contributed by atoms with E-state index in [9.17, 15) is 4.39 Å². The predicted octanol–water partition coefficient (Wildman–Crippen LogP) is 3.59. The van der Waals surface area contributed by atoms with Gasteiger partial charge in [-0.15, -0.1) is 0 Å². The Morgan fingerprint density at radius 3 is 2.58 bits per heavy atom. The Labute approximate surface area is 112 Å². The molecule has 0 bridgehead atoms. The highest BCUT2D eigenvalue weighted by Crippen LogP contribution is 2.22. The molecule has 0 saturated carbocycles. The molecular formula is C15H18FN3. The quantitative estimate of drug-likeness (QED) is 0.911. The summed E-state index contributed by atoms with van der Waals surface area (Å²) in [6, 6.07) is 7.03. The highest BCUT2D eigenvalue weighted by atomic mass is 19.1. The molecule has 2 rings (SSSR count). The van der Waals surface area contributed by atoms with Crippen molar-refractivity contribution in [3.8, 4) is 11.3 Å². The number of halogens is 1. The first-order valence-electron chi connectivity index (χ1n) is 6.52. The summed E-state index contributed by atoms with van der Waals surface area (Å²) in [4.78, 5) is 8.85. The van der Waals surface area contributed by atoms with Crippen LogP contribution in [0.25, 0.3) is 11.3 Å². The van der Waals surface area contributed by atoms with E-state index in [1.807, 2.05) is 26.0 Å². The second-order valence-corrected chi connectivity index (χ2v) is 4.40. The van der Waals surface area contributed by atoms with Gasteiger partial charge in [-0.25, -0.2) is 14.4 Å². The SMILES string of the molecule is CCNc1cc(-c2ccc(C)c(F)c2)nc(CC)n1. The first kappa shape index (κ1) is 13.5.